The summed E-state index contributed by atoms with van der Waals surface area (Å²) in [5, 5.41) is 7.03. The monoisotopic (exact) mass is 367 g/mol. The van der Waals surface area contributed by atoms with E-state index in [9.17, 15) is 4.79 Å². The van der Waals surface area contributed by atoms with Crippen molar-refractivity contribution in [2.24, 2.45) is 0 Å². The second-order valence-electron chi connectivity index (χ2n) is 6.06. The summed E-state index contributed by atoms with van der Waals surface area (Å²) in [6.07, 6.45) is 0. The van der Waals surface area contributed by atoms with Gasteiger partial charge in [0.2, 0.25) is 11.8 Å². The maximum absolute atomic E-state index is 12.6. The molecular formula is C19H21N5O3. The van der Waals surface area contributed by atoms with E-state index in [4.69, 9.17) is 9.47 Å². The van der Waals surface area contributed by atoms with Crippen molar-refractivity contribution in [3.8, 4) is 23.1 Å². The molecule has 0 bridgehead atoms. The molecule has 0 saturated carbocycles. The van der Waals surface area contributed by atoms with Gasteiger partial charge in [0.15, 0.2) is 5.82 Å². The molecule has 140 valence electrons. The van der Waals surface area contributed by atoms with Crippen LogP contribution in [0.5, 0.6) is 11.8 Å². The zero-order valence-corrected chi connectivity index (χ0v) is 15.7. The van der Waals surface area contributed by atoms with Gasteiger partial charge in [0.1, 0.15) is 0 Å². The highest BCUT2D eigenvalue weighted by Crippen LogP contribution is 2.23. The highest BCUT2D eigenvalue weighted by atomic mass is 16.5. The first-order valence-corrected chi connectivity index (χ1v) is 8.34. The second-order valence-corrected chi connectivity index (χ2v) is 6.06. The van der Waals surface area contributed by atoms with Crippen LogP contribution in [0.2, 0.25) is 0 Å². The van der Waals surface area contributed by atoms with Crippen LogP contribution in [0.3, 0.4) is 0 Å². The van der Waals surface area contributed by atoms with E-state index in [0.717, 1.165) is 17.0 Å². The van der Waals surface area contributed by atoms with Crippen LogP contribution in [0.25, 0.3) is 11.4 Å². The van der Waals surface area contributed by atoms with Gasteiger partial charge in [-0.3, -0.25) is 9.89 Å². The molecule has 0 saturated heterocycles. The Bertz CT molecular complexity index is 915. The molecule has 2 heterocycles. The number of H-pyrrole nitrogens is 1. The second kappa shape index (κ2) is 7.86. The Labute approximate surface area is 157 Å². The summed E-state index contributed by atoms with van der Waals surface area (Å²) in [6.45, 7) is 2.35. The molecule has 3 rings (SSSR count). The molecule has 0 spiro atoms. The molecule has 0 fully saturated rings. The van der Waals surface area contributed by atoms with Crippen LogP contribution in [0.15, 0.2) is 36.4 Å². The lowest BCUT2D eigenvalue weighted by Gasteiger charge is -2.16. The number of ether oxygens (including phenoxy) is 2. The number of carbonyl (C=O) groups excluding carboxylic acids is 1. The molecule has 1 N–H and O–H groups in total. The maximum atomic E-state index is 12.6. The number of carbonyl (C=O) groups is 1. The first-order chi connectivity index (χ1) is 13.0. The smallest absolute Gasteiger partial charge is 0.253 e. The number of aromatic nitrogens is 4. The molecular weight excluding hydrogens is 346 g/mol. The molecule has 8 nitrogen and oxygen atoms in total. The fourth-order valence-electron chi connectivity index (χ4n) is 2.59. The average molecular weight is 367 g/mol. The Morgan fingerprint density at radius 2 is 1.70 bits per heavy atom. The predicted molar refractivity (Wildman–Crippen MR) is 99.7 cm³/mol. The van der Waals surface area contributed by atoms with Crippen LogP contribution >= 0.6 is 0 Å². The molecule has 2 aromatic heterocycles. The van der Waals surface area contributed by atoms with E-state index < -0.39 is 0 Å². The highest BCUT2D eigenvalue weighted by Gasteiger charge is 2.14. The van der Waals surface area contributed by atoms with E-state index in [0.29, 0.717) is 29.7 Å². The fourth-order valence-corrected chi connectivity index (χ4v) is 2.59. The number of hydrogen-bond donors (Lipinski definition) is 1. The number of nitrogens with zero attached hydrogens (tertiary/aromatic N) is 4. The summed E-state index contributed by atoms with van der Waals surface area (Å²) >= 11 is 0. The lowest BCUT2D eigenvalue weighted by Crippen LogP contribution is -2.26. The van der Waals surface area contributed by atoms with Crippen LogP contribution in [-0.2, 0) is 6.54 Å². The minimum absolute atomic E-state index is 0.0913. The van der Waals surface area contributed by atoms with Crippen molar-refractivity contribution < 1.29 is 14.3 Å². The van der Waals surface area contributed by atoms with E-state index >= 15 is 0 Å². The minimum Gasteiger partial charge on any atom is -0.481 e. The number of methoxy groups -OCH3 is 2. The molecule has 1 amide bonds. The summed E-state index contributed by atoms with van der Waals surface area (Å²) in [6, 6.07) is 10.6. The first kappa shape index (κ1) is 18.4. The molecule has 0 aliphatic rings. The van der Waals surface area contributed by atoms with Crippen molar-refractivity contribution in [1.82, 2.24) is 25.1 Å². The van der Waals surface area contributed by atoms with E-state index in [-0.39, 0.29) is 5.91 Å². The van der Waals surface area contributed by atoms with Crippen molar-refractivity contribution in [2.45, 2.75) is 13.5 Å². The van der Waals surface area contributed by atoms with Gasteiger partial charge >= 0.3 is 0 Å². The summed E-state index contributed by atoms with van der Waals surface area (Å²) in [7, 11) is 4.81. The lowest BCUT2D eigenvalue weighted by molar-refractivity contribution is 0.0783. The Balaban J connectivity index is 1.77. The molecule has 0 radical (unpaired) electrons. The van der Waals surface area contributed by atoms with Gasteiger partial charge < -0.3 is 14.4 Å². The number of nitrogens with one attached hydrogen (secondary N) is 1. The largest absolute Gasteiger partial charge is 0.481 e. The van der Waals surface area contributed by atoms with Gasteiger partial charge in [-0.1, -0.05) is 12.1 Å². The van der Waals surface area contributed by atoms with Gasteiger partial charge in [-0.05, 0) is 25.1 Å². The first-order valence-electron chi connectivity index (χ1n) is 8.34. The quantitative estimate of drug-likeness (QED) is 0.719. The lowest BCUT2D eigenvalue weighted by atomic mass is 10.1. The number of aromatic amines is 1. The fraction of sp³-hybridized carbons (Fsp3) is 0.263. The molecule has 3 aromatic rings. The summed E-state index contributed by atoms with van der Waals surface area (Å²) in [4.78, 5) is 22.9. The summed E-state index contributed by atoms with van der Waals surface area (Å²) in [5.41, 5.74) is 3.11. The summed E-state index contributed by atoms with van der Waals surface area (Å²) in [5.74, 6) is 1.19. The Hall–Kier alpha value is -3.42. The highest BCUT2D eigenvalue weighted by molar-refractivity contribution is 5.94. The van der Waals surface area contributed by atoms with Gasteiger partial charge in [0.25, 0.3) is 5.91 Å². The molecule has 8 heteroatoms. The number of benzene rings is 1. The van der Waals surface area contributed by atoms with E-state index in [1.165, 1.54) is 14.2 Å². The number of amides is 1. The third kappa shape index (κ3) is 4.22. The maximum Gasteiger partial charge on any atom is 0.253 e. The summed E-state index contributed by atoms with van der Waals surface area (Å²) < 4.78 is 10.3. The van der Waals surface area contributed by atoms with Crippen molar-refractivity contribution in [3.05, 3.63) is 53.3 Å². The van der Waals surface area contributed by atoms with Gasteiger partial charge in [-0.2, -0.15) is 15.1 Å². The van der Waals surface area contributed by atoms with E-state index in [1.807, 2.05) is 13.0 Å². The predicted octanol–water partition coefficient (Wildman–Crippen LogP) is 2.46. The third-order valence-electron chi connectivity index (χ3n) is 3.99. The number of rotatable bonds is 6. The van der Waals surface area contributed by atoms with Crippen molar-refractivity contribution in [1.29, 1.82) is 0 Å². The Morgan fingerprint density at radius 1 is 1.07 bits per heavy atom. The van der Waals surface area contributed by atoms with Crippen LogP contribution < -0.4 is 9.47 Å². The van der Waals surface area contributed by atoms with Crippen LogP contribution in [0, 0.1) is 6.92 Å². The Morgan fingerprint density at radius 3 is 2.22 bits per heavy atom. The Kier molecular flexibility index (Phi) is 5.35. The van der Waals surface area contributed by atoms with Crippen molar-refractivity contribution in [2.75, 3.05) is 21.3 Å². The molecule has 27 heavy (non-hydrogen) atoms. The number of hydrogen-bond acceptors (Lipinski definition) is 6. The van der Waals surface area contributed by atoms with Crippen LogP contribution in [0.1, 0.15) is 21.7 Å². The van der Waals surface area contributed by atoms with Crippen molar-refractivity contribution >= 4 is 5.91 Å². The topological polar surface area (TPSA) is 93.2 Å². The third-order valence-corrected chi connectivity index (χ3v) is 3.99. The minimum atomic E-state index is -0.0913. The van der Waals surface area contributed by atoms with Gasteiger partial charge in [0.05, 0.1) is 32.5 Å². The SMILES string of the molecule is COc1cc(OC)nc(-c2ccc(C(=O)N(C)Cc3cc(C)[nH]n3)cc2)n1. The van der Waals surface area contributed by atoms with Crippen LogP contribution in [0.4, 0.5) is 0 Å². The van der Waals surface area contributed by atoms with Crippen molar-refractivity contribution in [3.63, 3.8) is 0 Å². The zero-order valence-electron chi connectivity index (χ0n) is 15.7. The molecule has 0 aliphatic carbocycles. The van der Waals surface area contributed by atoms with Gasteiger partial charge in [-0.15, -0.1) is 0 Å². The molecule has 1 aromatic carbocycles. The van der Waals surface area contributed by atoms with Gasteiger partial charge in [0, 0.05) is 23.9 Å². The van der Waals surface area contributed by atoms with E-state index in [2.05, 4.69) is 20.2 Å². The molecule has 0 atom stereocenters. The normalized spacial score (nSPS) is 10.5. The average Bonchev–Trinajstić information content (AvgIpc) is 3.11. The molecule has 0 aliphatic heterocycles. The van der Waals surface area contributed by atoms with E-state index in [1.54, 1.807) is 42.3 Å². The zero-order chi connectivity index (χ0) is 19.4. The molecule has 0 unspecified atom stereocenters. The van der Waals surface area contributed by atoms with Crippen LogP contribution in [-0.4, -0.2) is 52.2 Å². The number of aryl methyl sites for hydroxylation is 1. The van der Waals surface area contributed by atoms with Gasteiger partial charge in [-0.25, -0.2) is 0 Å². The standard InChI is InChI=1S/C19H21N5O3/c1-12-9-15(23-22-12)11-24(2)19(25)14-7-5-13(6-8-14)18-20-16(26-3)10-17(21-18)27-4/h5-10H,11H2,1-4H3,(H,22,23).